The Morgan fingerprint density at radius 2 is 1.09 bits per heavy atom. The van der Waals surface area contributed by atoms with Gasteiger partial charge in [0.05, 0.1) is 0 Å². The SMILES string of the molecule is Brc1ccc2c(c1)CC2.C#CCCCCC#C.C#CCCCCC#Cc1ccc2c(c1)CC2. The summed E-state index contributed by atoms with van der Waals surface area (Å²) in [5.74, 6) is 14.2. The van der Waals surface area contributed by atoms with Crippen LogP contribution in [0.1, 0.15) is 79.2 Å². The second kappa shape index (κ2) is 15.9. The van der Waals surface area contributed by atoms with E-state index in [1.54, 1.807) is 0 Å². The lowest BCUT2D eigenvalue weighted by Gasteiger charge is -2.17. The zero-order valence-corrected chi connectivity index (χ0v) is 21.1. The van der Waals surface area contributed by atoms with Crippen molar-refractivity contribution in [3.8, 4) is 48.9 Å². The number of rotatable bonds is 6. The second-order valence-electron chi connectivity index (χ2n) is 8.22. The summed E-state index contributed by atoms with van der Waals surface area (Å²) in [4.78, 5) is 0. The Bertz CT molecular complexity index is 1060. The van der Waals surface area contributed by atoms with E-state index in [1.807, 2.05) is 0 Å². The lowest BCUT2D eigenvalue weighted by atomic mass is 9.87. The van der Waals surface area contributed by atoms with E-state index in [0.717, 1.165) is 56.9 Å². The molecule has 0 atom stereocenters. The van der Waals surface area contributed by atoms with Crippen LogP contribution in [0.3, 0.4) is 0 Å². The summed E-state index contributed by atoms with van der Waals surface area (Å²) < 4.78 is 1.21. The molecule has 4 rings (SSSR count). The second-order valence-corrected chi connectivity index (χ2v) is 9.14. The van der Waals surface area contributed by atoms with Gasteiger partial charge in [-0.05, 0) is 97.9 Å². The van der Waals surface area contributed by atoms with E-state index in [4.69, 9.17) is 19.3 Å². The van der Waals surface area contributed by atoms with Gasteiger partial charge in [-0.3, -0.25) is 0 Å². The maximum atomic E-state index is 5.19. The van der Waals surface area contributed by atoms with Crippen LogP contribution < -0.4 is 0 Å². The predicted octanol–water partition coefficient (Wildman–Crippen LogP) is 7.69. The van der Waals surface area contributed by atoms with E-state index in [2.05, 4.69) is 81.9 Å². The summed E-state index contributed by atoms with van der Waals surface area (Å²) in [5, 5.41) is 0. The summed E-state index contributed by atoms with van der Waals surface area (Å²) in [6.45, 7) is 0. The van der Waals surface area contributed by atoms with Crippen LogP contribution in [-0.4, -0.2) is 0 Å². The molecule has 0 nitrogen and oxygen atoms in total. The molecule has 2 aliphatic rings. The van der Waals surface area contributed by atoms with Crippen molar-refractivity contribution in [1.82, 2.24) is 0 Å². The van der Waals surface area contributed by atoms with Crippen molar-refractivity contribution in [3.05, 3.63) is 68.7 Å². The zero-order valence-electron chi connectivity index (χ0n) is 19.6. The average Bonchev–Trinajstić information content (AvgIpc) is 2.79. The maximum absolute atomic E-state index is 5.19. The molecule has 0 unspecified atom stereocenters. The highest BCUT2D eigenvalue weighted by Crippen LogP contribution is 2.25. The molecular formula is C32H33Br. The Morgan fingerprint density at radius 3 is 1.52 bits per heavy atom. The first-order valence-electron chi connectivity index (χ1n) is 11.9. The molecule has 168 valence electrons. The fourth-order valence-electron chi connectivity index (χ4n) is 3.50. The highest BCUT2D eigenvalue weighted by atomic mass is 79.9. The minimum Gasteiger partial charge on any atom is -0.120 e. The first-order chi connectivity index (χ1) is 16.2. The van der Waals surface area contributed by atoms with Crippen LogP contribution in [0.2, 0.25) is 0 Å². The predicted molar refractivity (Wildman–Crippen MR) is 146 cm³/mol. The molecule has 0 spiro atoms. The van der Waals surface area contributed by atoms with Crippen LogP contribution in [0, 0.1) is 48.9 Å². The number of halogens is 1. The Hall–Kier alpha value is -2.84. The summed E-state index contributed by atoms with van der Waals surface area (Å²) in [6.07, 6.45) is 28.1. The monoisotopic (exact) mass is 496 g/mol. The fourth-order valence-corrected chi connectivity index (χ4v) is 3.90. The highest BCUT2D eigenvalue weighted by molar-refractivity contribution is 9.10. The molecule has 2 aliphatic carbocycles. The van der Waals surface area contributed by atoms with Crippen LogP contribution in [0.5, 0.6) is 0 Å². The van der Waals surface area contributed by atoms with Crippen LogP contribution >= 0.6 is 15.9 Å². The van der Waals surface area contributed by atoms with Crippen LogP contribution in [0.4, 0.5) is 0 Å². The third-order valence-electron chi connectivity index (χ3n) is 5.70. The minimum atomic E-state index is 0.863. The number of hydrogen-bond donors (Lipinski definition) is 0. The van der Waals surface area contributed by atoms with Crippen molar-refractivity contribution in [2.24, 2.45) is 0 Å². The lowest BCUT2D eigenvalue weighted by Crippen LogP contribution is -2.07. The van der Waals surface area contributed by atoms with Crippen molar-refractivity contribution in [3.63, 3.8) is 0 Å². The summed E-state index contributed by atoms with van der Waals surface area (Å²) >= 11 is 3.43. The fraction of sp³-hybridized carbons (Fsp3) is 0.375. The number of aryl methyl sites for hydroxylation is 4. The third-order valence-corrected chi connectivity index (χ3v) is 6.19. The van der Waals surface area contributed by atoms with Gasteiger partial charge in [-0.1, -0.05) is 39.9 Å². The first kappa shape index (κ1) is 26.4. The van der Waals surface area contributed by atoms with Crippen molar-refractivity contribution in [2.45, 2.75) is 77.0 Å². The van der Waals surface area contributed by atoms with Gasteiger partial charge in [0, 0.05) is 35.7 Å². The van der Waals surface area contributed by atoms with E-state index < -0.39 is 0 Å². The minimum absolute atomic E-state index is 0.863. The number of unbranched alkanes of at least 4 members (excludes halogenated alkanes) is 6. The molecule has 0 aliphatic heterocycles. The topological polar surface area (TPSA) is 0 Å². The molecule has 0 fully saturated rings. The number of benzene rings is 2. The largest absolute Gasteiger partial charge is 0.120 e. The van der Waals surface area contributed by atoms with Gasteiger partial charge in [0.1, 0.15) is 0 Å². The van der Waals surface area contributed by atoms with E-state index >= 15 is 0 Å². The summed E-state index contributed by atoms with van der Waals surface area (Å²) in [5.41, 5.74) is 7.19. The Balaban J connectivity index is 0.000000192. The van der Waals surface area contributed by atoms with Crippen molar-refractivity contribution in [2.75, 3.05) is 0 Å². The highest BCUT2D eigenvalue weighted by Gasteiger charge is 2.12. The van der Waals surface area contributed by atoms with E-state index in [9.17, 15) is 0 Å². The Morgan fingerprint density at radius 1 is 0.606 bits per heavy atom. The molecule has 0 radical (unpaired) electrons. The molecule has 0 aromatic heterocycles. The van der Waals surface area contributed by atoms with Crippen molar-refractivity contribution >= 4 is 15.9 Å². The molecular weight excluding hydrogens is 464 g/mol. The first-order valence-corrected chi connectivity index (χ1v) is 12.7. The zero-order chi connectivity index (χ0) is 23.7. The molecule has 0 bridgehead atoms. The number of fused-ring (bicyclic) bond motifs is 2. The van der Waals surface area contributed by atoms with Gasteiger partial charge in [0.25, 0.3) is 0 Å². The molecule has 33 heavy (non-hydrogen) atoms. The van der Waals surface area contributed by atoms with Gasteiger partial charge >= 0.3 is 0 Å². The van der Waals surface area contributed by atoms with Crippen LogP contribution in [0.15, 0.2) is 40.9 Å². The summed E-state index contributed by atoms with van der Waals surface area (Å²) in [6, 6.07) is 13.1. The van der Waals surface area contributed by atoms with Gasteiger partial charge in [-0.25, -0.2) is 0 Å². The van der Waals surface area contributed by atoms with Gasteiger partial charge in [-0.15, -0.1) is 37.0 Å². The molecule has 0 amide bonds. The van der Waals surface area contributed by atoms with Gasteiger partial charge < -0.3 is 0 Å². The maximum Gasteiger partial charge on any atom is 0.0248 e. The van der Waals surface area contributed by atoms with Gasteiger partial charge in [-0.2, -0.15) is 0 Å². The quantitative estimate of drug-likeness (QED) is 0.284. The van der Waals surface area contributed by atoms with Gasteiger partial charge in [0.15, 0.2) is 0 Å². The molecule has 0 saturated heterocycles. The summed E-state index contributed by atoms with van der Waals surface area (Å²) in [7, 11) is 0. The molecule has 2 aromatic rings. The smallest absolute Gasteiger partial charge is 0.0248 e. The van der Waals surface area contributed by atoms with Crippen LogP contribution in [0.25, 0.3) is 0 Å². The lowest BCUT2D eigenvalue weighted by molar-refractivity contribution is 0.783. The molecule has 1 heteroatoms. The van der Waals surface area contributed by atoms with Gasteiger partial charge in [0.2, 0.25) is 0 Å². The van der Waals surface area contributed by atoms with Crippen molar-refractivity contribution < 1.29 is 0 Å². The molecule has 0 N–H and O–H groups in total. The van der Waals surface area contributed by atoms with E-state index in [0.29, 0.717) is 0 Å². The van der Waals surface area contributed by atoms with Crippen molar-refractivity contribution in [1.29, 1.82) is 0 Å². The number of terminal acetylenes is 3. The molecule has 0 heterocycles. The Labute approximate surface area is 210 Å². The third kappa shape index (κ3) is 10.1. The average molecular weight is 498 g/mol. The normalized spacial score (nSPS) is 11.3. The number of hydrogen-bond acceptors (Lipinski definition) is 0. The molecule has 0 saturated carbocycles. The molecule has 2 aromatic carbocycles. The Kier molecular flexibility index (Phi) is 12.7. The van der Waals surface area contributed by atoms with Crippen LogP contribution in [-0.2, 0) is 25.7 Å². The van der Waals surface area contributed by atoms with E-state index in [1.165, 1.54) is 52.4 Å². The van der Waals surface area contributed by atoms with E-state index in [-0.39, 0.29) is 0 Å². The standard InChI is InChI=1S/C16H16.C8H7Br.C8H10/c1-2-3-4-5-6-7-8-14-9-10-15-11-12-16(15)13-14;9-8-4-3-6-1-2-7(6)5-8;1-3-5-7-8-6-4-2/h1,9-10,13H,3-6,11-12H2;3-5H,1-2H2;1-2H,5-8H2.